The number of guanidine groups is 1. The quantitative estimate of drug-likeness (QED) is 0.0377. The highest BCUT2D eigenvalue weighted by Crippen LogP contribution is 2.65. The van der Waals surface area contributed by atoms with Crippen LogP contribution in [0.4, 0.5) is 0 Å². The highest BCUT2D eigenvalue weighted by atomic mass is 16.7. The van der Waals surface area contributed by atoms with Crippen LogP contribution in [0.1, 0.15) is 92.9 Å². The lowest BCUT2D eigenvalue weighted by Crippen LogP contribution is -2.65. The maximum Gasteiger partial charge on any atom is 0.481 e. The van der Waals surface area contributed by atoms with E-state index in [2.05, 4.69) is 57.5 Å². The van der Waals surface area contributed by atoms with Crippen molar-refractivity contribution >= 4 is 24.9 Å². The molecule has 2 bridgehead atoms. The molecule has 0 radical (unpaired) electrons. The van der Waals surface area contributed by atoms with Crippen LogP contribution in [0, 0.1) is 38.7 Å². The van der Waals surface area contributed by atoms with E-state index in [9.17, 15) is 19.7 Å². The van der Waals surface area contributed by atoms with Gasteiger partial charge in [-0.15, -0.1) is 0 Å². The molecule has 12 nitrogen and oxygen atoms in total. The van der Waals surface area contributed by atoms with Gasteiger partial charge in [0.2, 0.25) is 11.8 Å². The van der Waals surface area contributed by atoms with Crippen LogP contribution in [-0.4, -0.2) is 60.2 Å². The van der Waals surface area contributed by atoms with Crippen molar-refractivity contribution in [2.24, 2.45) is 23.2 Å². The van der Waals surface area contributed by atoms with E-state index in [0.717, 1.165) is 32.1 Å². The van der Waals surface area contributed by atoms with Crippen molar-refractivity contribution < 1.29 is 23.9 Å². The van der Waals surface area contributed by atoms with Crippen LogP contribution in [0.25, 0.3) is 0 Å². The predicted molar refractivity (Wildman–Crippen MR) is 157 cm³/mol. The Morgan fingerprint density at radius 2 is 1.93 bits per heavy atom. The highest BCUT2D eigenvalue weighted by Gasteiger charge is 2.68. The Morgan fingerprint density at radius 3 is 2.56 bits per heavy atom. The summed E-state index contributed by atoms with van der Waals surface area (Å²) in [5.41, 5.74) is 1.55. The maximum atomic E-state index is 13.6. The van der Waals surface area contributed by atoms with E-state index in [0.29, 0.717) is 24.7 Å². The predicted octanol–water partition coefficient (Wildman–Crippen LogP) is 3.10. The van der Waals surface area contributed by atoms with Crippen LogP contribution in [0.15, 0.2) is 12.2 Å². The Bertz CT molecular complexity index is 993. The molecule has 0 aromatic heterocycles. The zero-order valence-electron chi connectivity index (χ0n) is 25.5. The molecule has 5 N–H and O–H groups in total. The number of allylic oxidation sites excluding steroid dienone is 1. The van der Waals surface area contributed by atoms with Gasteiger partial charge in [-0.25, -0.2) is 10.1 Å². The monoisotopic (exact) mass is 576 g/mol. The third-order valence-electron chi connectivity index (χ3n) is 9.15. The molecule has 0 spiro atoms. The van der Waals surface area contributed by atoms with Gasteiger partial charge >= 0.3 is 7.12 Å². The summed E-state index contributed by atoms with van der Waals surface area (Å²) < 4.78 is 13.2. The summed E-state index contributed by atoms with van der Waals surface area (Å²) in [7, 11) is -0.577. The Kier molecular flexibility index (Phi) is 11.2. The van der Waals surface area contributed by atoms with Gasteiger partial charge in [0.15, 0.2) is 5.03 Å². The zero-order chi connectivity index (χ0) is 30.4. The van der Waals surface area contributed by atoms with Gasteiger partial charge in [0.25, 0.3) is 5.96 Å². The number of rotatable bonds is 15. The Hall–Kier alpha value is -2.67. The smallest absolute Gasteiger partial charge is 0.404 e. The highest BCUT2D eigenvalue weighted by molar-refractivity contribution is 6.48. The van der Waals surface area contributed by atoms with Crippen molar-refractivity contribution in [3.05, 3.63) is 22.3 Å². The van der Waals surface area contributed by atoms with Crippen molar-refractivity contribution in [1.82, 2.24) is 21.4 Å². The van der Waals surface area contributed by atoms with E-state index in [1.54, 1.807) is 11.5 Å². The molecule has 2 amide bonds. The van der Waals surface area contributed by atoms with Crippen LogP contribution in [0.5, 0.6) is 0 Å². The van der Waals surface area contributed by atoms with Crippen LogP contribution in [0.3, 0.4) is 0 Å². The molecule has 0 aromatic rings. The average molecular weight is 577 g/mol. The summed E-state index contributed by atoms with van der Waals surface area (Å²) in [6.07, 6.45) is 9.44. The molecule has 41 heavy (non-hydrogen) atoms. The minimum Gasteiger partial charge on any atom is -0.404 e. The molecule has 1 saturated heterocycles. The van der Waals surface area contributed by atoms with Gasteiger partial charge in [-0.2, -0.15) is 0 Å². The van der Waals surface area contributed by atoms with E-state index >= 15 is 0 Å². The van der Waals surface area contributed by atoms with Crippen molar-refractivity contribution in [2.75, 3.05) is 6.54 Å². The summed E-state index contributed by atoms with van der Waals surface area (Å²) in [4.78, 5) is 36.8. The molecule has 4 fully saturated rings. The standard InChI is InChI=1S/C28H49BN6O6/c1-7-8-9-10-13-24(36)32-20(12-11-14-31-26(30)34-35(38)39)25(37)33-23(15-18(2)3)29-40-22-17-19-16-21(27(19,4)5)28(22,6)41-29/h10,13,18-23H,7-9,11-12,14-17H2,1-6H3,(H,32,36)(H,33,37)(H3,30,31,34)/t19-,20-,21-,22+,23-,28-/m0/s1. The number of nitrogens with one attached hydrogen (secondary N) is 5. The fraction of sp³-hybridized carbons (Fsp3) is 0.821. The molecule has 4 rings (SSSR count). The topological polar surface area (TPSA) is 168 Å². The molecule has 1 heterocycles. The molecule has 3 saturated carbocycles. The molecule has 0 aromatic carbocycles. The molecular formula is C28H49BN6O6. The van der Waals surface area contributed by atoms with Crippen LogP contribution >= 0.6 is 0 Å². The van der Waals surface area contributed by atoms with Gasteiger partial charge in [-0.1, -0.05) is 59.0 Å². The normalized spacial score (nSPS) is 27.5. The van der Waals surface area contributed by atoms with E-state index in [1.165, 1.54) is 6.08 Å². The SMILES string of the molecule is CCCCC=CC(=O)N[C@@H](CCCNC(=N)N[N+](=O)[O-])C(=O)N[C@@H](CC(C)C)B1O[C@@H]2C[C@@H]3C[C@@H](C3(C)C)[C@]2(C)O1. The summed E-state index contributed by atoms with van der Waals surface area (Å²) in [6, 6.07) is -0.835. The van der Waals surface area contributed by atoms with Crippen LogP contribution in [-0.2, 0) is 18.9 Å². The van der Waals surface area contributed by atoms with Gasteiger partial charge in [0.05, 0.1) is 17.6 Å². The first-order chi connectivity index (χ1) is 19.3. The number of amides is 2. The number of unbranched alkanes of at least 4 members (excludes halogenated alkanes) is 2. The molecule has 6 atom stereocenters. The van der Waals surface area contributed by atoms with E-state index in [4.69, 9.17) is 14.7 Å². The van der Waals surface area contributed by atoms with E-state index in [-0.39, 0.29) is 48.2 Å². The van der Waals surface area contributed by atoms with Crippen molar-refractivity contribution in [3.63, 3.8) is 0 Å². The molecular weight excluding hydrogens is 527 g/mol. The second-order valence-corrected chi connectivity index (χ2v) is 13.0. The zero-order valence-corrected chi connectivity index (χ0v) is 25.5. The van der Waals surface area contributed by atoms with Gasteiger partial charge in [0, 0.05) is 6.54 Å². The fourth-order valence-corrected chi connectivity index (χ4v) is 6.75. The summed E-state index contributed by atoms with van der Waals surface area (Å²) in [5, 5.41) is 25.8. The third kappa shape index (κ3) is 8.21. The first kappa shape index (κ1) is 32.8. The maximum absolute atomic E-state index is 13.6. The molecule has 13 heteroatoms. The second kappa shape index (κ2) is 14.0. The first-order valence-electron chi connectivity index (χ1n) is 15.1. The minimum atomic E-state index is -0.835. The second-order valence-electron chi connectivity index (χ2n) is 13.0. The number of hydrazine groups is 1. The van der Waals surface area contributed by atoms with E-state index < -0.39 is 29.8 Å². The summed E-state index contributed by atoms with van der Waals surface area (Å²) in [5.74, 6) is -0.226. The molecule has 1 aliphatic heterocycles. The summed E-state index contributed by atoms with van der Waals surface area (Å²) in [6.45, 7) is 13.2. The van der Waals surface area contributed by atoms with Gasteiger partial charge in [-0.3, -0.25) is 15.0 Å². The summed E-state index contributed by atoms with van der Waals surface area (Å²) >= 11 is 0. The molecule has 3 aliphatic carbocycles. The van der Waals surface area contributed by atoms with Gasteiger partial charge in [0.1, 0.15) is 6.04 Å². The number of nitro groups is 1. The molecule has 230 valence electrons. The number of carbonyl (C=O) groups is 2. The number of carbonyl (C=O) groups excluding carboxylic acids is 2. The molecule has 4 aliphatic rings. The van der Waals surface area contributed by atoms with E-state index in [1.807, 2.05) is 0 Å². The lowest BCUT2D eigenvalue weighted by Gasteiger charge is -2.64. The number of hydrogen-bond acceptors (Lipinski definition) is 7. The number of nitrogens with zero attached hydrogens (tertiary/aromatic N) is 1. The largest absolute Gasteiger partial charge is 0.481 e. The number of hydrogen-bond donors (Lipinski definition) is 5. The lowest BCUT2D eigenvalue weighted by molar-refractivity contribution is -0.525. The Labute approximate surface area is 244 Å². The van der Waals surface area contributed by atoms with Crippen LogP contribution in [0.2, 0.25) is 0 Å². The third-order valence-corrected chi connectivity index (χ3v) is 9.15. The molecule has 0 unspecified atom stereocenters. The Balaban J connectivity index is 1.67. The Morgan fingerprint density at radius 1 is 1.20 bits per heavy atom. The van der Waals surface area contributed by atoms with Gasteiger partial charge in [-0.05, 0) is 74.7 Å². The van der Waals surface area contributed by atoms with Crippen molar-refractivity contribution in [3.8, 4) is 0 Å². The minimum absolute atomic E-state index is 0.00577. The van der Waals surface area contributed by atoms with Gasteiger partial charge < -0.3 is 25.3 Å². The first-order valence-corrected chi connectivity index (χ1v) is 15.1. The fourth-order valence-electron chi connectivity index (χ4n) is 6.75. The lowest BCUT2D eigenvalue weighted by atomic mass is 9.43. The van der Waals surface area contributed by atoms with Crippen LogP contribution < -0.4 is 21.4 Å². The van der Waals surface area contributed by atoms with Crippen molar-refractivity contribution in [2.45, 2.75) is 117 Å². The van der Waals surface area contributed by atoms with Crippen molar-refractivity contribution in [1.29, 1.82) is 5.41 Å². The average Bonchev–Trinajstić information content (AvgIpc) is 3.24.